The predicted octanol–water partition coefficient (Wildman–Crippen LogP) is 8.96. The number of benzene rings is 5. The number of aromatic hydroxyl groups is 1. The number of imide groups is 1. The molecule has 6 atom stereocenters. The third kappa shape index (κ3) is 6.13. The number of hydrogen-bond acceptors (Lipinski definition) is 8. The highest BCUT2D eigenvalue weighted by molar-refractivity contribution is 6.31. The van der Waals surface area contributed by atoms with E-state index < -0.39 is 35.0 Å². The summed E-state index contributed by atoms with van der Waals surface area (Å²) < 4.78 is 17.2. The van der Waals surface area contributed by atoms with Crippen LogP contribution in [0, 0.1) is 29.6 Å². The largest absolute Gasteiger partial charge is 0.508 e. The van der Waals surface area contributed by atoms with E-state index in [0.717, 1.165) is 27.8 Å². The normalized spacial score (nSPS) is 25.2. The van der Waals surface area contributed by atoms with Crippen LogP contribution in [0.1, 0.15) is 40.7 Å². The second-order valence-corrected chi connectivity index (χ2v) is 16.6. The quantitative estimate of drug-likeness (QED) is 0.0937. The van der Waals surface area contributed by atoms with Crippen LogP contribution in [0.3, 0.4) is 0 Å². The number of ether oxygens (including phenoxy) is 3. The van der Waals surface area contributed by atoms with Gasteiger partial charge in [-0.2, -0.15) is 0 Å². The van der Waals surface area contributed by atoms with E-state index in [1.54, 1.807) is 50.8 Å². The molecule has 5 aromatic carbocycles. The number of anilines is 1. The first-order valence-electron chi connectivity index (χ1n) is 20.9. The van der Waals surface area contributed by atoms with Crippen molar-refractivity contribution in [2.45, 2.75) is 24.7 Å². The number of ketones is 2. The molecule has 1 saturated heterocycles. The number of allylic oxidation sites excluding steroid dienone is 5. The molecule has 6 unspecified atom stereocenters. The van der Waals surface area contributed by atoms with Crippen LogP contribution in [0.2, 0.25) is 0 Å². The Morgan fingerprint density at radius 2 is 1.55 bits per heavy atom. The van der Waals surface area contributed by atoms with E-state index in [4.69, 9.17) is 14.2 Å². The maximum Gasteiger partial charge on any atom is 0.238 e. The lowest BCUT2D eigenvalue weighted by Crippen LogP contribution is -2.60. The molecule has 0 aromatic heterocycles. The Kier molecular flexibility index (Phi) is 9.62. The number of phenolic OH excluding ortho intramolecular Hbond substituents is 1. The summed E-state index contributed by atoms with van der Waals surface area (Å²) in [6, 6.07) is 36.5. The summed E-state index contributed by atoms with van der Waals surface area (Å²) in [5.74, 6) is -2.40. The van der Waals surface area contributed by atoms with Crippen molar-refractivity contribution in [3.8, 4) is 23.0 Å². The molecule has 2 amide bonds. The van der Waals surface area contributed by atoms with Gasteiger partial charge in [0, 0.05) is 35.0 Å². The molecule has 2 fully saturated rings. The Balaban J connectivity index is 1.06. The lowest BCUT2D eigenvalue weighted by Gasteiger charge is -2.56. The number of hydrogen-bond donors (Lipinski definition) is 1. The number of rotatable bonds is 8. The van der Waals surface area contributed by atoms with Gasteiger partial charge in [-0.3, -0.25) is 24.1 Å². The molecule has 5 aliphatic rings. The van der Waals surface area contributed by atoms with Crippen molar-refractivity contribution in [1.82, 2.24) is 0 Å². The standard InChI is InChI=1S/C53H43NO8/c1-60-39-20-24-45(61-2)33(27-39)16-13-31-14-17-37(18-15-31)54-51(58)41-22-21-40-43(48(41)52(54)59)28-44-50(57)42(32-9-5-3-6-10-32)29-47(56)53(44,36-11-7-4-8-12-36)49(40)35-25-34-26-38(55)19-23-46(34)62-30-35/h3-21,23-24,26-27,29-30,41,43-44,48-49,55H,22,25,28H2,1-2H3. The van der Waals surface area contributed by atoms with E-state index in [2.05, 4.69) is 6.08 Å². The highest BCUT2D eigenvalue weighted by Crippen LogP contribution is 2.63. The zero-order valence-electron chi connectivity index (χ0n) is 34.2. The average Bonchev–Trinajstić information content (AvgIpc) is 3.57. The first kappa shape index (κ1) is 38.9. The number of phenols is 1. The molecule has 3 aliphatic carbocycles. The number of nitrogens with zero attached hydrogens (tertiary/aromatic N) is 1. The summed E-state index contributed by atoms with van der Waals surface area (Å²) >= 11 is 0. The molecule has 10 rings (SSSR count). The summed E-state index contributed by atoms with van der Waals surface area (Å²) in [7, 11) is 3.22. The Morgan fingerprint density at radius 3 is 2.29 bits per heavy atom. The molecular weight excluding hydrogens is 779 g/mol. The van der Waals surface area contributed by atoms with Crippen LogP contribution in [0.4, 0.5) is 5.69 Å². The summed E-state index contributed by atoms with van der Waals surface area (Å²) in [5.41, 5.74) is 4.83. The van der Waals surface area contributed by atoms with Crippen LogP contribution in [0.5, 0.6) is 23.0 Å². The van der Waals surface area contributed by atoms with Crippen molar-refractivity contribution in [2.24, 2.45) is 29.6 Å². The van der Waals surface area contributed by atoms with Gasteiger partial charge in [0.1, 0.15) is 23.0 Å². The lowest BCUT2D eigenvalue weighted by atomic mass is 9.44. The third-order valence-electron chi connectivity index (χ3n) is 13.6. The fourth-order valence-electron chi connectivity index (χ4n) is 10.8. The van der Waals surface area contributed by atoms with Crippen molar-refractivity contribution in [1.29, 1.82) is 0 Å². The van der Waals surface area contributed by atoms with Gasteiger partial charge in [-0.15, -0.1) is 0 Å². The van der Waals surface area contributed by atoms with Crippen molar-refractivity contribution in [3.63, 3.8) is 0 Å². The molecule has 9 nitrogen and oxygen atoms in total. The minimum atomic E-state index is -1.38. The number of carbonyl (C=O) groups excluding carboxylic acids is 4. The van der Waals surface area contributed by atoms with Crippen LogP contribution in [0.25, 0.3) is 17.7 Å². The Morgan fingerprint density at radius 1 is 0.790 bits per heavy atom. The van der Waals surface area contributed by atoms with E-state index in [-0.39, 0.29) is 35.6 Å². The number of fused-ring (bicyclic) bond motifs is 5. The number of Topliss-reactive ketones (excluding diaryl/α,β-unsaturated/α-hetero) is 1. The van der Waals surface area contributed by atoms with Gasteiger partial charge in [0.05, 0.1) is 43.4 Å². The van der Waals surface area contributed by atoms with Crippen molar-refractivity contribution in [2.75, 3.05) is 19.1 Å². The SMILES string of the molecule is COc1ccc(OC)c(C=Cc2ccc(N3C(=O)C4CC=C5C(CC6C(=O)C(c7ccccc7)=CC(=O)C6(c6ccccc6)C5C5=COc6ccc(O)cc6C5)C4C3=O)cc2)c1. The van der Waals surface area contributed by atoms with Gasteiger partial charge in [-0.1, -0.05) is 96.6 Å². The van der Waals surface area contributed by atoms with Gasteiger partial charge in [-0.25, -0.2) is 0 Å². The molecule has 0 radical (unpaired) electrons. The molecule has 1 saturated carbocycles. The first-order valence-corrected chi connectivity index (χ1v) is 20.9. The van der Waals surface area contributed by atoms with Gasteiger partial charge < -0.3 is 19.3 Å². The fraction of sp³-hybridized carbons (Fsp3) is 0.208. The van der Waals surface area contributed by atoms with Crippen molar-refractivity contribution in [3.05, 3.63) is 179 Å². The fourth-order valence-corrected chi connectivity index (χ4v) is 10.8. The van der Waals surface area contributed by atoms with Gasteiger partial charge in [0.25, 0.3) is 0 Å². The highest BCUT2D eigenvalue weighted by Gasteiger charge is 2.66. The molecule has 2 aliphatic heterocycles. The molecule has 62 heavy (non-hydrogen) atoms. The molecular formula is C53H43NO8. The van der Waals surface area contributed by atoms with Gasteiger partial charge in [-0.05, 0) is 95.6 Å². The second kappa shape index (κ2) is 15.3. The minimum absolute atomic E-state index is 0.0844. The molecule has 5 aromatic rings. The molecule has 1 N–H and O–H groups in total. The number of amides is 2. The first-order chi connectivity index (χ1) is 30.2. The van der Waals surface area contributed by atoms with Crippen molar-refractivity contribution >= 4 is 46.8 Å². The van der Waals surface area contributed by atoms with Crippen LogP contribution in [-0.2, 0) is 31.0 Å². The molecule has 308 valence electrons. The molecule has 2 heterocycles. The second-order valence-electron chi connectivity index (χ2n) is 16.6. The maximum atomic E-state index is 15.4. The average molecular weight is 822 g/mol. The zero-order valence-corrected chi connectivity index (χ0v) is 34.2. The summed E-state index contributed by atoms with van der Waals surface area (Å²) in [4.78, 5) is 61.4. The van der Waals surface area contributed by atoms with Crippen LogP contribution in [0.15, 0.2) is 151 Å². The topological polar surface area (TPSA) is 119 Å². The van der Waals surface area contributed by atoms with Gasteiger partial charge >= 0.3 is 0 Å². The summed E-state index contributed by atoms with van der Waals surface area (Å²) in [5, 5.41) is 10.5. The smallest absolute Gasteiger partial charge is 0.238 e. The minimum Gasteiger partial charge on any atom is -0.508 e. The number of methoxy groups -OCH3 is 2. The monoisotopic (exact) mass is 821 g/mol. The van der Waals surface area contributed by atoms with Crippen LogP contribution >= 0.6 is 0 Å². The Bertz CT molecular complexity index is 2790. The Labute approximate surface area is 359 Å². The highest BCUT2D eigenvalue weighted by atomic mass is 16.5. The van der Waals surface area contributed by atoms with E-state index in [9.17, 15) is 14.7 Å². The molecule has 0 spiro atoms. The predicted molar refractivity (Wildman–Crippen MR) is 235 cm³/mol. The summed E-state index contributed by atoms with van der Waals surface area (Å²) in [6.07, 6.45) is 9.94. The van der Waals surface area contributed by atoms with Crippen LogP contribution < -0.4 is 19.1 Å². The zero-order chi connectivity index (χ0) is 42.7. The summed E-state index contributed by atoms with van der Waals surface area (Å²) in [6.45, 7) is 0. The lowest BCUT2D eigenvalue weighted by molar-refractivity contribution is -0.136. The van der Waals surface area contributed by atoms with Gasteiger partial charge in [0.2, 0.25) is 11.8 Å². The van der Waals surface area contributed by atoms with E-state index in [1.165, 1.54) is 11.0 Å². The Hall–Kier alpha value is -7.26. The van der Waals surface area contributed by atoms with E-state index in [1.807, 2.05) is 103 Å². The molecule has 9 heteroatoms. The van der Waals surface area contributed by atoms with Crippen LogP contribution in [-0.4, -0.2) is 42.7 Å². The molecule has 0 bridgehead atoms. The van der Waals surface area contributed by atoms with E-state index in [0.29, 0.717) is 52.5 Å². The third-order valence-corrected chi connectivity index (χ3v) is 13.6. The number of carbonyl (C=O) groups is 4. The maximum absolute atomic E-state index is 15.4. The van der Waals surface area contributed by atoms with Gasteiger partial charge in [0.15, 0.2) is 11.6 Å². The van der Waals surface area contributed by atoms with E-state index >= 15 is 9.59 Å². The van der Waals surface area contributed by atoms with Crippen molar-refractivity contribution < 1.29 is 38.5 Å².